The first kappa shape index (κ1) is 12.6. The topological polar surface area (TPSA) is 42.2 Å². The van der Waals surface area contributed by atoms with Gasteiger partial charge in [0.25, 0.3) is 5.91 Å². The number of thioether (sulfide) groups is 1. The highest BCUT2D eigenvalue weighted by atomic mass is 32.2. The lowest BCUT2D eigenvalue weighted by atomic mass is 10.1. The Hall–Kier alpha value is -2.11. The average molecular weight is 311 g/mol. The summed E-state index contributed by atoms with van der Waals surface area (Å²) in [4.78, 5) is 12.3. The van der Waals surface area contributed by atoms with Crippen molar-refractivity contribution in [3.63, 3.8) is 0 Å². The number of hydrogen-bond acceptors (Lipinski definition) is 4. The number of hydrogen-bond donors (Lipinski definition) is 1. The second kappa shape index (κ2) is 4.72. The summed E-state index contributed by atoms with van der Waals surface area (Å²) in [5.41, 5.74) is 2.67. The van der Waals surface area contributed by atoms with Crippen molar-refractivity contribution in [2.45, 2.75) is 0 Å². The van der Waals surface area contributed by atoms with Crippen molar-refractivity contribution in [2.24, 2.45) is 0 Å². The lowest BCUT2D eigenvalue weighted by Crippen LogP contribution is -2.17. The van der Waals surface area contributed by atoms with Crippen LogP contribution < -0.4 is 5.32 Å². The molecule has 1 fully saturated rings. The maximum absolute atomic E-state index is 11.7. The summed E-state index contributed by atoms with van der Waals surface area (Å²) in [6.45, 7) is 0. The Bertz CT molecular complexity index is 940. The molecule has 2 aromatic carbocycles. The molecule has 1 aliphatic heterocycles. The normalized spacial score (nSPS) is 17.0. The number of carbonyl (C=O) groups excluding carboxylic acids is 1. The van der Waals surface area contributed by atoms with Crippen molar-refractivity contribution in [2.75, 3.05) is 0 Å². The Labute approximate surface area is 130 Å². The predicted molar refractivity (Wildman–Crippen MR) is 90.0 cm³/mol. The molecule has 102 valence electrons. The van der Waals surface area contributed by atoms with Crippen LogP contribution >= 0.6 is 24.0 Å². The Balaban J connectivity index is 1.87. The third kappa shape index (κ3) is 2.14. The SMILES string of the molecule is O=C1NC(=S)SC1=Cc1ccc2oc3ccccc3c2c1. The molecule has 0 atom stereocenters. The van der Waals surface area contributed by atoms with Crippen molar-refractivity contribution in [3.8, 4) is 0 Å². The third-order valence-corrected chi connectivity index (χ3v) is 4.50. The number of carbonyl (C=O) groups is 1. The predicted octanol–water partition coefficient (Wildman–Crippen LogP) is 4.07. The van der Waals surface area contributed by atoms with E-state index in [-0.39, 0.29) is 5.91 Å². The quantitative estimate of drug-likeness (QED) is 0.543. The Kier molecular flexibility index (Phi) is 2.83. The van der Waals surface area contributed by atoms with E-state index in [9.17, 15) is 4.79 Å². The second-order valence-corrected chi connectivity index (χ2v) is 6.42. The third-order valence-electron chi connectivity index (χ3n) is 3.34. The van der Waals surface area contributed by atoms with E-state index in [1.165, 1.54) is 11.8 Å². The number of rotatable bonds is 1. The number of benzene rings is 2. The molecule has 1 saturated heterocycles. The fourth-order valence-electron chi connectivity index (χ4n) is 2.41. The summed E-state index contributed by atoms with van der Waals surface area (Å²) in [6, 6.07) is 13.8. The number of thiocarbonyl (C=S) groups is 1. The van der Waals surface area contributed by atoms with Gasteiger partial charge >= 0.3 is 0 Å². The summed E-state index contributed by atoms with van der Waals surface area (Å²) in [5.74, 6) is -0.137. The highest BCUT2D eigenvalue weighted by molar-refractivity contribution is 8.26. The van der Waals surface area contributed by atoms with Crippen LogP contribution in [0, 0.1) is 0 Å². The standard InChI is InChI=1S/C16H9NO2S2/c18-15-14(21-16(20)17-15)8-9-5-6-13-11(7-9)10-3-1-2-4-12(10)19-13/h1-8H,(H,17,18,20). The van der Waals surface area contributed by atoms with Crippen LogP contribution in [0.2, 0.25) is 0 Å². The van der Waals surface area contributed by atoms with Gasteiger partial charge in [-0.15, -0.1) is 0 Å². The van der Waals surface area contributed by atoms with E-state index in [2.05, 4.69) is 5.32 Å². The molecule has 0 aliphatic carbocycles. The van der Waals surface area contributed by atoms with Crippen LogP contribution in [0.25, 0.3) is 28.0 Å². The van der Waals surface area contributed by atoms with Crippen LogP contribution in [0.1, 0.15) is 5.56 Å². The van der Waals surface area contributed by atoms with E-state index < -0.39 is 0 Å². The summed E-state index contributed by atoms with van der Waals surface area (Å²) in [7, 11) is 0. The van der Waals surface area contributed by atoms with E-state index in [0.29, 0.717) is 9.23 Å². The number of nitrogens with one attached hydrogen (secondary N) is 1. The van der Waals surface area contributed by atoms with Gasteiger partial charge in [-0.3, -0.25) is 4.79 Å². The van der Waals surface area contributed by atoms with E-state index in [1.807, 2.05) is 48.5 Å². The van der Waals surface area contributed by atoms with Gasteiger partial charge < -0.3 is 9.73 Å². The van der Waals surface area contributed by atoms with Gasteiger partial charge in [0, 0.05) is 10.8 Å². The van der Waals surface area contributed by atoms with Crippen molar-refractivity contribution >= 4 is 62.2 Å². The fraction of sp³-hybridized carbons (Fsp3) is 0. The summed E-state index contributed by atoms with van der Waals surface area (Å²) < 4.78 is 6.29. The largest absolute Gasteiger partial charge is 0.456 e. The molecule has 1 amide bonds. The maximum atomic E-state index is 11.7. The Morgan fingerprint density at radius 2 is 1.90 bits per heavy atom. The van der Waals surface area contributed by atoms with E-state index in [0.717, 1.165) is 27.5 Å². The van der Waals surface area contributed by atoms with Crippen molar-refractivity contribution in [3.05, 3.63) is 52.9 Å². The van der Waals surface area contributed by atoms with Crippen LogP contribution in [0.15, 0.2) is 51.8 Å². The van der Waals surface area contributed by atoms with Crippen LogP contribution in [0.4, 0.5) is 0 Å². The lowest BCUT2D eigenvalue weighted by molar-refractivity contribution is -0.115. The zero-order chi connectivity index (χ0) is 14.4. The summed E-state index contributed by atoms with van der Waals surface area (Å²) in [6.07, 6.45) is 1.85. The first-order valence-corrected chi connectivity index (χ1v) is 7.59. The average Bonchev–Trinajstić information content (AvgIpc) is 2.99. The monoisotopic (exact) mass is 311 g/mol. The molecule has 2 heterocycles. The van der Waals surface area contributed by atoms with Crippen molar-refractivity contribution in [1.82, 2.24) is 5.32 Å². The lowest BCUT2D eigenvalue weighted by Gasteiger charge is -1.96. The molecule has 3 aromatic rings. The molecule has 0 spiro atoms. The van der Waals surface area contributed by atoms with Gasteiger partial charge in [0.2, 0.25) is 0 Å². The first-order chi connectivity index (χ1) is 10.2. The maximum Gasteiger partial charge on any atom is 0.263 e. The van der Waals surface area contributed by atoms with Gasteiger partial charge in [0.05, 0.1) is 4.91 Å². The van der Waals surface area contributed by atoms with Crippen LogP contribution in [0.5, 0.6) is 0 Å². The molecule has 0 radical (unpaired) electrons. The van der Waals surface area contributed by atoms with Gasteiger partial charge in [0.15, 0.2) is 0 Å². The molecule has 3 nitrogen and oxygen atoms in total. The molecule has 1 N–H and O–H groups in total. The Morgan fingerprint density at radius 1 is 1.10 bits per heavy atom. The van der Waals surface area contributed by atoms with Gasteiger partial charge in [-0.1, -0.05) is 48.2 Å². The van der Waals surface area contributed by atoms with Gasteiger partial charge in [-0.05, 0) is 29.8 Å². The minimum absolute atomic E-state index is 0.137. The van der Waals surface area contributed by atoms with Gasteiger partial charge in [0.1, 0.15) is 15.5 Å². The molecule has 1 aromatic heterocycles. The zero-order valence-corrected chi connectivity index (χ0v) is 12.4. The van der Waals surface area contributed by atoms with Crippen LogP contribution in [-0.2, 0) is 4.79 Å². The molecule has 1 aliphatic rings. The van der Waals surface area contributed by atoms with Gasteiger partial charge in [-0.25, -0.2) is 0 Å². The summed E-state index contributed by atoms with van der Waals surface area (Å²) >= 11 is 6.28. The van der Waals surface area contributed by atoms with Crippen LogP contribution in [0.3, 0.4) is 0 Å². The van der Waals surface area contributed by atoms with E-state index in [1.54, 1.807) is 0 Å². The number of fused-ring (bicyclic) bond motifs is 3. The van der Waals surface area contributed by atoms with E-state index in [4.69, 9.17) is 16.6 Å². The highest BCUT2D eigenvalue weighted by Crippen LogP contribution is 2.31. The number of furan rings is 1. The molecule has 4 rings (SSSR count). The second-order valence-electron chi connectivity index (χ2n) is 4.71. The Morgan fingerprint density at radius 3 is 2.71 bits per heavy atom. The fourth-order valence-corrected chi connectivity index (χ4v) is 3.45. The summed E-state index contributed by atoms with van der Waals surface area (Å²) in [5, 5.41) is 4.74. The minimum Gasteiger partial charge on any atom is -0.456 e. The zero-order valence-electron chi connectivity index (χ0n) is 10.8. The smallest absolute Gasteiger partial charge is 0.263 e. The van der Waals surface area contributed by atoms with Crippen LogP contribution in [-0.4, -0.2) is 10.2 Å². The molecular formula is C16H9NO2S2. The van der Waals surface area contributed by atoms with Crippen molar-refractivity contribution in [1.29, 1.82) is 0 Å². The number of amides is 1. The first-order valence-electron chi connectivity index (χ1n) is 6.37. The van der Waals surface area contributed by atoms with Crippen molar-refractivity contribution < 1.29 is 9.21 Å². The molecule has 0 unspecified atom stereocenters. The van der Waals surface area contributed by atoms with Gasteiger partial charge in [-0.2, -0.15) is 0 Å². The molecule has 5 heteroatoms. The highest BCUT2D eigenvalue weighted by Gasteiger charge is 2.22. The minimum atomic E-state index is -0.137. The molecule has 0 saturated carbocycles. The van der Waals surface area contributed by atoms with E-state index >= 15 is 0 Å². The molecular weight excluding hydrogens is 302 g/mol. The number of para-hydroxylation sites is 1. The molecule has 0 bridgehead atoms. The molecule has 21 heavy (non-hydrogen) atoms.